The van der Waals surface area contributed by atoms with E-state index in [4.69, 9.17) is 17.0 Å². The van der Waals surface area contributed by atoms with Crippen molar-refractivity contribution in [3.63, 3.8) is 0 Å². The zero-order chi connectivity index (χ0) is 14.5. The molecule has 1 amide bonds. The monoisotopic (exact) mass is 293 g/mol. The topological polar surface area (TPSA) is 59.0 Å². The number of carbonyl (C=O) groups is 1. The van der Waals surface area contributed by atoms with Gasteiger partial charge in [0.05, 0.1) is 12.1 Å². The molecule has 0 fully saturated rings. The van der Waals surface area contributed by atoms with Gasteiger partial charge in [0.15, 0.2) is 4.77 Å². The van der Waals surface area contributed by atoms with Crippen molar-refractivity contribution in [1.29, 1.82) is 0 Å². The molecule has 20 heavy (non-hydrogen) atoms. The second-order valence-corrected chi connectivity index (χ2v) is 4.86. The first-order valence-electron chi connectivity index (χ1n) is 6.78. The molecule has 0 spiro atoms. The highest BCUT2D eigenvalue weighted by Gasteiger charge is 2.11. The number of aromatic amines is 1. The molecular formula is C14H19N3O2S. The highest BCUT2D eigenvalue weighted by molar-refractivity contribution is 7.71. The van der Waals surface area contributed by atoms with Crippen LogP contribution in [-0.2, 0) is 11.3 Å². The Kier molecular flexibility index (Phi) is 4.79. The number of hydrogen-bond donors (Lipinski definition) is 2. The summed E-state index contributed by atoms with van der Waals surface area (Å²) in [6.45, 7) is 5.43. The minimum Gasteiger partial charge on any atom is -0.491 e. The van der Waals surface area contributed by atoms with Crippen LogP contribution >= 0.6 is 12.2 Å². The normalized spacial score (nSPS) is 10.7. The fourth-order valence-electron chi connectivity index (χ4n) is 2.04. The predicted octanol–water partition coefficient (Wildman–Crippen LogP) is 2.62. The van der Waals surface area contributed by atoms with Crippen LogP contribution in [0, 0.1) is 4.77 Å². The molecule has 0 unspecified atom stereocenters. The van der Waals surface area contributed by atoms with Gasteiger partial charge in [-0.1, -0.05) is 13.0 Å². The van der Waals surface area contributed by atoms with Crippen molar-refractivity contribution in [2.24, 2.45) is 0 Å². The van der Waals surface area contributed by atoms with Crippen molar-refractivity contribution in [1.82, 2.24) is 14.9 Å². The van der Waals surface area contributed by atoms with Crippen LogP contribution in [0.5, 0.6) is 5.75 Å². The van der Waals surface area contributed by atoms with Gasteiger partial charge in [-0.15, -0.1) is 0 Å². The van der Waals surface area contributed by atoms with Gasteiger partial charge in [-0.3, -0.25) is 4.79 Å². The van der Waals surface area contributed by atoms with Gasteiger partial charge in [0, 0.05) is 6.54 Å². The number of H-pyrrole nitrogens is 1. The Labute approximate surface area is 122 Å². The number of rotatable bonds is 6. The maximum Gasteiger partial charge on any atom is 0.240 e. The molecule has 0 aliphatic rings. The molecular weight excluding hydrogens is 274 g/mol. The molecule has 0 radical (unpaired) electrons. The molecule has 0 aliphatic carbocycles. The van der Waals surface area contributed by atoms with Crippen molar-refractivity contribution in [3.8, 4) is 5.75 Å². The fourth-order valence-corrected chi connectivity index (χ4v) is 2.30. The van der Waals surface area contributed by atoms with Crippen LogP contribution in [0.25, 0.3) is 11.0 Å². The van der Waals surface area contributed by atoms with Gasteiger partial charge in [-0.2, -0.15) is 0 Å². The summed E-state index contributed by atoms with van der Waals surface area (Å²) < 4.78 is 8.01. The number of amides is 1. The summed E-state index contributed by atoms with van der Waals surface area (Å²) in [6, 6.07) is 5.74. The molecule has 2 aromatic rings. The Morgan fingerprint density at radius 1 is 1.45 bits per heavy atom. The Morgan fingerprint density at radius 3 is 2.95 bits per heavy atom. The SMILES string of the molecule is CCCOc1cccc2c1[nH]c(=S)n2CC(=O)NCC. The van der Waals surface area contributed by atoms with E-state index in [1.165, 1.54) is 0 Å². The molecule has 0 saturated carbocycles. The smallest absolute Gasteiger partial charge is 0.240 e. The average molecular weight is 293 g/mol. The van der Waals surface area contributed by atoms with E-state index in [-0.39, 0.29) is 12.5 Å². The lowest BCUT2D eigenvalue weighted by atomic mass is 10.3. The molecule has 1 heterocycles. The largest absolute Gasteiger partial charge is 0.491 e. The lowest BCUT2D eigenvalue weighted by Crippen LogP contribution is -2.27. The summed E-state index contributed by atoms with van der Waals surface area (Å²) in [5, 5.41) is 2.77. The van der Waals surface area contributed by atoms with E-state index in [0.717, 1.165) is 23.2 Å². The van der Waals surface area contributed by atoms with Gasteiger partial charge in [0.1, 0.15) is 17.8 Å². The van der Waals surface area contributed by atoms with E-state index in [1.54, 1.807) is 4.57 Å². The minimum atomic E-state index is -0.0515. The van der Waals surface area contributed by atoms with E-state index in [2.05, 4.69) is 17.2 Å². The molecule has 0 saturated heterocycles. The second kappa shape index (κ2) is 6.56. The zero-order valence-corrected chi connectivity index (χ0v) is 12.5. The molecule has 2 N–H and O–H groups in total. The third-order valence-corrected chi connectivity index (χ3v) is 3.23. The van der Waals surface area contributed by atoms with E-state index < -0.39 is 0 Å². The third kappa shape index (κ3) is 3.01. The van der Waals surface area contributed by atoms with Gasteiger partial charge in [-0.05, 0) is 37.7 Å². The van der Waals surface area contributed by atoms with Crippen molar-refractivity contribution < 1.29 is 9.53 Å². The van der Waals surface area contributed by atoms with Crippen LogP contribution in [0.15, 0.2) is 18.2 Å². The number of aromatic nitrogens is 2. The number of hydrogen-bond acceptors (Lipinski definition) is 3. The Bertz CT molecular complexity index is 660. The van der Waals surface area contributed by atoms with Crippen molar-refractivity contribution in [2.75, 3.05) is 13.2 Å². The number of likely N-dealkylation sites (N-methyl/N-ethyl adjacent to an activating group) is 1. The number of benzene rings is 1. The van der Waals surface area contributed by atoms with Crippen LogP contribution < -0.4 is 10.1 Å². The van der Waals surface area contributed by atoms with Gasteiger partial charge in [0.2, 0.25) is 5.91 Å². The van der Waals surface area contributed by atoms with Crippen LogP contribution in [-0.4, -0.2) is 28.6 Å². The lowest BCUT2D eigenvalue weighted by molar-refractivity contribution is -0.121. The molecule has 108 valence electrons. The van der Waals surface area contributed by atoms with E-state index in [9.17, 15) is 4.79 Å². The Morgan fingerprint density at radius 2 is 2.25 bits per heavy atom. The van der Waals surface area contributed by atoms with E-state index in [1.807, 2.05) is 25.1 Å². The summed E-state index contributed by atoms with van der Waals surface area (Å²) in [5.41, 5.74) is 1.73. The molecule has 0 atom stereocenters. The molecule has 0 aliphatic heterocycles. The first-order valence-corrected chi connectivity index (χ1v) is 7.19. The first kappa shape index (κ1) is 14.6. The van der Waals surface area contributed by atoms with Gasteiger partial charge in [0.25, 0.3) is 0 Å². The minimum absolute atomic E-state index is 0.0515. The summed E-state index contributed by atoms with van der Waals surface area (Å²) >= 11 is 5.30. The standard InChI is InChI=1S/C14H19N3O2S/c1-3-8-19-11-7-5-6-10-13(11)16-14(20)17(10)9-12(18)15-4-2/h5-7H,3-4,8-9H2,1-2H3,(H,15,18)(H,16,20). The molecule has 0 bridgehead atoms. The Balaban J connectivity index is 2.39. The maximum atomic E-state index is 11.7. The van der Waals surface area contributed by atoms with Crippen molar-refractivity contribution in [2.45, 2.75) is 26.8 Å². The molecule has 1 aromatic carbocycles. The van der Waals surface area contributed by atoms with Crippen LogP contribution in [0.4, 0.5) is 0 Å². The summed E-state index contributed by atoms with van der Waals surface area (Å²) in [6.07, 6.45) is 0.941. The predicted molar refractivity (Wildman–Crippen MR) is 81.6 cm³/mol. The van der Waals surface area contributed by atoms with E-state index in [0.29, 0.717) is 17.9 Å². The second-order valence-electron chi connectivity index (χ2n) is 4.47. The van der Waals surface area contributed by atoms with Crippen LogP contribution in [0.1, 0.15) is 20.3 Å². The van der Waals surface area contributed by atoms with Gasteiger partial charge in [-0.25, -0.2) is 0 Å². The number of nitrogens with zero attached hydrogens (tertiary/aromatic N) is 1. The van der Waals surface area contributed by atoms with Crippen LogP contribution in [0.3, 0.4) is 0 Å². The van der Waals surface area contributed by atoms with Crippen molar-refractivity contribution in [3.05, 3.63) is 23.0 Å². The lowest BCUT2D eigenvalue weighted by Gasteiger charge is -2.07. The number of para-hydroxylation sites is 1. The summed E-state index contributed by atoms with van der Waals surface area (Å²) in [7, 11) is 0. The number of nitrogens with one attached hydrogen (secondary N) is 2. The van der Waals surface area contributed by atoms with Gasteiger partial charge < -0.3 is 19.6 Å². The van der Waals surface area contributed by atoms with Gasteiger partial charge >= 0.3 is 0 Å². The quantitative estimate of drug-likeness (QED) is 0.805. The molecule has 6 heteroatoms. The summed E-state index contributed by atoms with van der Waals surface area (Å²) in [5.74, 6) is 0.717. The fraction of sp³-hybridized carbons (Fsp3) is 0.429. The number of carbonyl (C=O) groups excluding carboxylic acids is 1. The summed E-state index contributed by atoms with van der Waals surface area (Å²) in [4.78, 5) is 14.9. The number of ether oxygens (including phenoxy) is 1. The zero-order valence-electron chi connectivity index (χ0n) is 11.7. The average Bonchev–Trinajstić information content (AvgIpc) is 2.74. The first-order chi connectivity index (χ1) is 9.67. The molecule has 5 nitrogen and oxygen atoms in total. The number of fused-ring (bicyclic) bond motifs is 1. The highest BCUT2D eigenvalue weighted by atomic mass is 32.1. The number of imidazole rings is 1. The Hall–Kier alpha value is -1.82. The van der Waals surface area contributed by atoms with Crippen molar-refractivity contribution >= 4 is 29.2 Å². The maximum absolute atomic E-state index is 11.7. The molecule has 2 rings (SSSR count). The van der Waals surface area contributed by atoms with Crippen LogP contribution in [0.2, 0.25) is 0 Å². The van der Waals surface area contributed by atoms with E-state index >= 15 is 0 Å². The molecule has 1 aromatic heterocycles. The third-order valence-electron chi connectivity index (χ3n) is 2.91. The highest BCUT2D eigenvalue weighted by Crippen LogP contribution is 2.25.